The number of hydrogen-bond acceptors (Lipinski definition) is 4. The molecule has 21 heavy (non-hydrogen) atoms. The lowest BCUT2D eigenvalue weighted by molar-refractivity contribution is -0.387. The van der Waals surface area contributed by atoms with Crippen LogP contribution in [0.4, 0.5) is 14.5 Å². The summed E-state index contributed by atoms with van der Waals surface area (Å²) in [5.74, 6) is -3.18. The summed E-state index contributed by atoms with van der Waals surface area (Å²) in [4.78, 5) is 21.6. The predicted octanol–water partition coefficient (Wildman–Crippen LogP) is 1.74. The molecule has 0 spiro atoms. The van der Waals surface area contributed by atoms with E-state index in [-0.39, 0.29) is 6.04 Å². The van der Waals surface area contributed by atoms with E-state index >= 15 is 0 Å². The van der Waals surface area contributed by atoms with Gasteiger partial charge in [0.05, 0.1) is 16.6 Å². The van der Waals surface area contributed by atoms with E-state index in [0.717, 1.165) is 25.8 Å². The van der Waals surface area contributed by atoms with Crippen LogP contribution in [0.15, 0.2) is 12.1 Å². The third-order valence-electron chi connectivity index (χ3n) is 3.34. The van der Waals surface area contributed by atoms with Crippen LogP contribution >= 0.6 is 0 Å². The first-order valence-electron chi connectivity index (χ1n) is 6.64. The number of rotatable bonds is 3. The molecule has 1 aliphatic heterocycles. The third-order valence-corrected chi connectivity index (χ3v) is 3.34. The molecular weight excluding hydrogens is 284 g/mol. The van der Waals surface area contributed by atoms with Gasteiger partial charge in [-0.15, -0.1) is 0 Å². The largest absolute Gasteiger partial charge is 0.348 e. The average molecular weight is 299 g/mol. The van der Waals surface area contributed by atoms with Crippen LogP contribution < -0.4 is 10.6 Å². The predicted molar refractivity (Wildman–Crippen MR) is 71.0 cm³/mol. The maximum Gasteiger partial charge on any atom is 0.308 e. The molecular formula is C13H15F2N3O3. The lowest BCUT2D eigenvalue weighted by atomic mass is 10.1. The highest BCUT2D eigenvalue weighted by Crippen LogP contribution is 2.22. The Morgan fingerprint density at radius 3 is 2.86 bits per heavy atom. The second kappa shape index (κ2) is 6.57. The summed E-state index contributed by atoms with van der Waals surface area (Å²) in [6.07, 6.45) is 2.60. The molecule has 0 radical (unpaired) electrons. The molecule has 114 valence electrons. The second-order valence-electron chi connectivity index (χ2n) is 4.91. The van der Waals surface area contributed by atoms with Crippen molar-refractivity contribution in [1.82, 2.24) is 10.6 Å². The van der Waals surface area contributed by atoms with Gasteiger partial charge < -0.3 is 10.6 Å². The number of amides is 1. The number of carbonyl (C=O) groups excluding carboxylic acids is 1. The van der Waals surface area contributed by atoms with Gasteiger partial charge in [0.1, 0.15) is 5.82 Å². The van der Waals surface area contributed by atoms with E-state index in [4.69, 9.17) is 0 Å². The van der Waals surface area contributed by atoms with E-state index in [1.807, 2.05) is 0 Å². The number of nitro benzene ring substituents is 1. The summed E-state index contributed by atoms with van der Waals surface area (Å²) < 4.78 is 27.2. The number of nitro groups is 1. The standard InChI is InChI=1S/C13H15F2N3O3/c14-8-5-10(12(15)11(6-8)18(20)21)13(19)17-9-3-1-2-4-16-7-9/h5-6,9,16H,1-4,7H2,(H,17,19). The Kier molecular flexibility index (Phi) is 4.79. The molecule has 0 aliphatic carbocycles. The van der Waals surface area contributed by atoms with Crippen molar-refractivity contribution in [3.8, 4) is 0 Å². The highest BCUT2D eigenvalue weighted by molar-refractivity contribution is 5.95. The van der Waals surface area contributed by atoms with Gasteiger partial charge in [-0.3, -0.25) is 14.9 Å². The molecule has 1 aliphatic rings. The molecule has 1 saturated heterocycles. The molecule has 1 heterocycles. The minimum atomic E-state index is -1.32. The van der Waals surface area contributed by atoms with Crippen molar-refractivity contribution in [3.05, 3.63) is 39.4 Å². The van der Waals surface area contributed by atoms with Gasteiger partial charge in [-0.05, 0) is 25.5 Å². The Bertz CT molecular complexity index is 558. The van der Waals surface area contributed by atoms with Crippen LogP contribution in [0, 0.1) is 21.7 Å². The van der Waals surface area contributed by atoms with Crippen LogP contribution in [0.3, 0.4) is 0 Å². The molecule has 1 aromatic rings. The smallest absolute Gasteiger partial charge is 0.308 e. The third kappa shape index (κ3) is 3.72. The average Bonchev–Trinajstić information content (AvgIpc) is 2.69. The van der Waals surface area contributed by atoms with E-state index in [1.165, 1.54) is 0 Å². The fourth-order valence-electron chi connectivity index (χ4n) is 2.28. The van der Waals surface area contributed by atoms with Gasteiger partial charge in [-0.1, -0.05) is 6.42 Å². The van der Waals surface area contributed by atoms with Gasteiger partial charge in [0.2, 0.25) is 5.82 Å². The Labute approximate surface area is 119 Å². The number of nitrogens with one attached hydrogen (secondary N) is 2. The van der Waals surface area contributed by atoms with Gasteiger partial charge >= 0.3 is 5.69 Å². The number of nitrogens with zero attached hydrogens (tertiary/aromatic N) is 1. The maximum atomic E-state index is 13.9. The summed E-state index contributed by atoms with van der Waals surface area (Å²) in [6, 6.07) is 0.919. The molecule has 2 rings (SSSR count). The molecule has 2 N–H and O–H groups in total. The molecule has 1 fully saturated rings. The van der Waals surface area contributed by atoms with Crippen LogP contribution in [0.1, 0.15) is 29.6 Å². The number of halogens is 2. The fraction of sp³-hybridized carbons (Fsp3) is 0.462. The second-order valence-corrected chi connectivity index (χ2v) is 4.91. The van der Waals surface area contributed by atoms with Crippen LogP contribution in [-0.2, 0) is 0 Å². The van der Waals surface area contributed by atoms with E-state index in [2.05, 4.69) is 10.6 Å². The van der Waals surface area contributed by atoms with Gasteiger partial charge in [-0.2, -0.15) is 4.39 Å². The molecule has 1 unspecified atom stereocenters. The Morgan fingerprint density at radius 1 is 1.38 bits per heavy atom. The summed E-state index contributed by atoms with van der Waals surface area (Å²) in [7, 11) is 0. The van der Waals surface area contributed by atoms with Gasteiger partial charge in [0.25, 0.3) is 5.91 Å². The summed E-state index contributed by atoms with van der Waals surface area (Å²) in [5.41, 5.74) is -1.69. The highest BCUT2D eigenvalue weighted by Gasteiger charge is 2.25. The van der Waals surface area contributed by atoms with Crippen LogP contribution in [0.2, 0.25) is 0 Å². The lowest BCUT2D eigenvalue weighted by Crippen LogP contribution is -2.41. The zero-order valence-corrected chi connectivity index (χ0v) is 11.2. The Morgan fingerprint density at radius 2 is 2.14 bits per heavy atom. The van der Waals surface area contributed by atoms with Crippen molar-refractivity contribution in [2.75, 3.05) is 13.1 Å². The van der Waals surface area contributed by atoms with Crippen LogP contribution in [0.25, 0.3) is 0 Å². The van der Waals surface area contributed by atoms with Gasteiger partial charge in [-0.25, -0.2) is 4.39 Å². The zero-order chi connectivity index (χ0) is 15.4. The minimum Gasteiger partial charge on any atom is -0.348 e. The van der Waals surface area contributed by atoms with Crippen molar-refractivity contribution >= 4 is 11.6 Å². The first-order valence-corrected chi connectivity index (χ1v) is 6.64. The monoisotopic (exact) mass is 299 g/mol. The molecule has 0 aromatic heterocycles. The molecule has 1 atom stereocenters. The molecule has 1 aromatic carbocycles. The molecule has 0 saturated carbocycles. The molecule has 1 amide bonds. The van der Waals surface area contributed by atoms with Crippen molar-refractivity contribution in [2.45, 2.75) is 25.3 Å². The summed E-state index contributed by atoms with van der Waals surface area (Å²) in [6.45, 7) is 1.37. The minimum absolute atomic E-state index is 0.207. The van der Waals surface area contributed by atoms with Crippen LogP contribution in [0.5, 0.6) is 0 Å². The lowest BCUT2D eigenvalue weighted by Gasteiger charge is -2.16. The van der Waals surface area contributed by atoms with E-state index < -0.39 is 33.7 Å². The first kappa shape index (κ1) is 15.3. The van der Waals surface area contributed by atoms with E-state index in [0.29, 0.717) is 18.7 Å². The van der Waals surface area contributed by atoms with Crippen molar-refractivity contribution in [3.63, 3.8) is 0 Å². The number of benzene rings is 1. The SMILES string of the molecule is O=C(NC1CCCCNC1)c1cc(F)cc([N+](=O)[O-])c1F. The van der Waals surface area contributed by atoms with Gasteiger partial charge in [0, 0.05) is 12.6 Å². The Balaban J connectivity index is 2.20. The number of hydrogen-bond donors (Lipinski definition) is 2. The quantitative estimate of drug-likeness (QED) is 0.658. The number of carbonyl (C=O) groups is 1. The highest BCUT2D eigenvalue weighted by atomic mass is 19.1. The molecule has 8 heteroatoms. The normalized spacial score (nSPS) is 18.9. The van der Waals surface area contributed by atoms with E-state index in [9.17, 15) is 23.7 Å². The topological polar surface area (TPSA) is 84.3 Å². The van der Waals surface area contributed by atoms with Gasteiger partial charge in [0.15, 0.2) is 0 Å². The Hall–Kier alpha value is -2.09. The van der Waals surface area contributed by atoms with Crippen molar-refractivity contribution in [2.24, 2.45) is 0 Å². The van der Waals surface area contributed by atoms with Crippen molar-refractivity contribution in [1.29, 1.82) is 0 Å². The van der Waals surface area contributed by atoms with Crippen molar-refractivity contribution < 1.29 is 18.5 Å². The fourth-order valence-corrected chi connectivity index (χ4v) is 2.28. The zero-order valence-electron chi connectivity index (χ0n) is 11.2. The van der Waals surface area contributed by atoms with Crippen LogP contribution in [-0.4, -0.2) is 30.0 Å². The molecule has 6 nitrogen and oxygen atoms in total. The first-order chi connectivity index (χ1) is 9.99. The molecule has 0 bridgehead atoms. The van der Waals surface area contributed by atoms with E-state index in [1.54, 1.807) is 0 Å². The summed E-state index contributed by atoms with van der Waals surface area (Å²) in [5, 5.41) is 16.3. The summed E-state index contributed by atoms with van der Waals surface area (Å²) >= 11 is 0. The maximum absolute atomic E-state index is 13.9.